The first-order valence-electron chi connectivity index (χ1n) is 12.1. The summed E-state index contributed by atoms with van der Waals surface area (Å²) in [4.78, 5) is 34.3. The van der Waals surface area contributed by atoms with Crippen molar-refractivity contribution in [2.45, 2.75) is 31.0 Å². The lowest BCUT2D eigenvalue weighted by Crippen LogP contribution is -2.33. The second-order valence-electron chi connectivity index (χ2n) is 8.48. The van der Waals surface area contributed by atoms with Gasteiger partial charge in [-0.25, -0.2) is 4.98 Å². The van der Waals surface area contributed by atoms with Crippen molar-refractivity contribution in [1.82, 2.24) is 19.9 Å². The number of hydrogen-bond acceptors (Lipinski definition) is 6. The molecule has 1 aliphatic rings. The van der Waals surface area contributed by atoms with Crippen LogP contribution in [0.3, 0.4) is 0 Å². The van der Waals surface area contributed by atoms with Crippen LogP contribution in [0.5, 0.6) is 5.75 Å². The van der Waals surface area contributed by atoms with Gasteiger partial charge >= 0.3 is 0 Å². The van der Waals surface area contributed by atoms with Crippen LogP contribution in [0, 0.1) is 0 Å². The Morgan fingerprint density at radius 3 is 2.75 bits per heavy atom. The molecule has 8 nitrogen and oxygen atoms in total. The molecule has 2 aromatic carbocycles. The summed E-state index contributed by atoms with van der Waals surface area (Å²) < 4.78 is 12.7. The number of hydrogen-bond donors (Lipinski definition) is 2. The zero-order valence-corrected chi connectivity index (χ0v) is 20.8. The average molecular weight is 505 g/mol. The fourth-order valence-corrected chi connectivity index (χ4v) is 5.11. The van der Waals surface area contributed by atoms with Gasteiger partial charge in [-0.1, -0.05) is 42.1 Å². The maximum atomic E-state index is 13.7. The molecule has 1 saturated heterocycles. The predicted octanol–water partition coefficient (Wildman–Crippen LogP) is 4.17. The van der Waals surface area contributed by atoms with Crippen LogP contribution >= 0.6 is 11.8 Å². The Hall–Kier alpha value is -3.56. The van der Waals surface area contributed by atoms with Crippen molar-refractivity contribution < 1.29 is 14.3 Å². The van der Waals surface area contributed by atoms with Gasteiger partial charge < -0.3 is 19.8 Å². The van der Waals surface area contributed by atoms with Crippen LogP contribution in [-0.4, -0.2) is 52.1 Å². The van der Waals surface area contributed by atoms with E-state index < -0.39 is 0 Å². The number of H-pyrrole nitrogens is 1. The molecule has 5 rings (SSSR count). The van der Waals surface area contributed by atoms with E-state index in [1.807, 2.05) is 61.5 Å². The monoisotopic (exact) mass is 504 g/mol. The molecule has 1 atom stereocenters. The second-order valence-corrected chi connectivity index (χ2v) is 9.42. The van der Waals surface area contributed by atoms with E-state index in [1.54, 1.807) is 10.8 Å². The topological polar surface area (TPSA) is 98.2 Å². The van der Waals surface area contributed by atoms with Crippen molar-refractivity contribution in [3.63, 3.8) is 0 Å². The van der Waals surface area contributed by atoms with E-state index in [0.29, 0.717) is 35.0 Å². The van der Waals surface area contributed by atoms with Crippen LogP contribution < -0.4 is 15.6 Å². The van der Waals surface area contributed by atoms with E-state index in [9.17, 15) is 9.59 Å². The van der Waals surface area contributed by atoms with Gasteiger partial charge in [0.15, 0.2) is 5.16 Å². The van der Waals surface area contributed by atoms with E-state index in [2.05, 4.69) is 10.3 Å². The third-order valence-electron chi connectivity index (χ3n) is 6.04. The smallest absolute Gasteiger partial charge is 0.283 e. The Balaban J connectivity index is 1.49. The van der Waals surface area contributed by atoms with Crippen molar-refractivity contribution in [2.24, 2.45) is 0 Å². The first-order chi connectivity index (χ1) is 17.6. The lowest BCUT2D eigenvalue weighted by Gasteiger charge is -2.14. The first kappa shape index (κ1) is 24.1. The highest BCUT2D eigenvalue weighted by Gasteiger charge is 2.20. The quantitative estimate of drug-likeness (QED) is 0.262. The highest BCUT2D eigenvalue weighted by Crippen LogP contribution is 2.29. The third kappa shape index (κ3) is 5.17. The second kappa shape index (κ2) is 11.0. The number of carbonyl (C=O) groups is 1. The van der Waals surface area contributed by atoms with Crippen LogP contribution in [0.1, 0.15) is 19.8 Å². The summed E-state index contributed by atoms with van der Waals surface area (Å²) in [5.74, 6) is 0.727. The SMILES string of the molecule is CCOc1ccc(-n2c(SCC(=O)NC[C@H]3CCCO3)nc3c(-c4ccccc4)c[nH]c3c2=O)cc1. The van der Waals surface area contributed by atoms with Crippen molar-refractivity contribution in [1.29, 1.82) is 0 Å². The normalized spacial score (nSPS) is 15.3. The number of rotatable bonds is 9. The minimum atomic E-state index is -0.228. The number of nitrogens with zero attached hydrogens (tertiary/aromatic N) is 2. The number of fused-ring (bicyclic) bond motifs is 1. The van der Waals surface area contributed by atoms with Gasteiger partial charge in [-0.2, -0.15) is 0 Å². The van der Waals surface area contributed by atoms with E-state index in [-0.39, 0.29) is 23.3 Å². The highest BCUT2D eigenvalue weighted by molar-refractivity contribution is 7.99. The Morgan fingerprint density at radius 1 is 1.22 bits per heavy atom. The predicted molar refractivity (Wildman–Crippen MR) is 141 cm³/mol. The lowest BCUT2D eigenvalue weighted by atomic mass is 10.1. The molecule has 1 aliphatic heterocycles. The van der Waals surface area contributed by atoms with Gasteiger partial charge in [0, 0.05) is 24.9 Å². The van der Waals surface area contributed by atoms with Crippen molar-refractivity contribution in [3.8, 4) is 22.6 Å². The maximum absolute atomic E-state index is 13.7. The molecule has 3 heterocycles. The number of amides is 1. The number of aromatic nitrogens is 3. The Kier molecular flexibility index (Phi) is 7.39. The minimum Gasteiger partial charge on any atom is -0.494 e. The summed E-state index contributed by atoms with van der Waals surface area (Å²) >= 11 is 1.24. The van der Waals surface area contributed by atoms with E-state index in [1.165, 1.54) is 11.8 Å². The molecule has 36 heavy (non-hydrogen) atoms. The van der Waals surface area contributed by atoms with Crippen LogP contribution in [0.4, 0.5) is 0 Å². The molecule has 0 radical (unpaired) electrons. The summed E-state index contributed by atoms with van der Waals surface area (Å²) in [6, 6.07) is 17.1. The number of thioether (sulfide) groups is 1. The molecule has 0 spiro atoms. The molecule has 1 fully saturated rings. The van der Waals surface area contributed by atoms with Crippen LogP contribution in [0.2, 0.25) is 0 Å². The molecule has 0 aliphatic carbocycles. The molecule has 4 aromatic rings. The van der Waals surface area contributed by atoms with Crippen molar-refractivity contribution in [2.75, 3.05) is 25.5 Å². The maximum Gasteiger partial charge on any atom is 0.283 e. The minimum absolute atomic E-state index is 0.0729. The number of carbonyl (C=O) groups excluding carboxylic acids is 1. The zero-order chi connectivity index (χ0) is 24.9. The Morgan fingerprint density at radius 2 is 2.03 bits per heavy atom. The Labute approximate surface area is 213 Å². The number of benzene rings is 2. The molecule has 9 heteroatoms. The molecular weight excluding hydrogens is 476 g/mol. The van der Waals surface area contributed by atoms with Crippen LogP contribution in [0.15, 0.2) is 70.7 Å². The summed E-state index contributed by atoms with van der Waals surface area (Å²) in [5, 5.41) is 3.38. The standard InChI is InChI=1S/C27H28N4O4S/c1-2-34-20-12-10-19(11-13-20)31-26(33)25-24(22(16-29-25)18-7-4-3-5-8-18)30-27(31)36-17-23(32)28-15-21-9-6-14-35-21/h3-5,7-8,10-13,16,21,29H,2,6,9,14-15,17H2,1H3,(H,28,32)/t21-/m1/s1. The number of aromatic amines is 1. The molecule has 186 valence electrons. The third-order valence-corrected chi connectivity index (χ3v) is 6.98. The summed E-state index contributed by atoms with van der Waals surface area (Å²) in [5.41, 5.74) is 3.21. The fourth-order valence-electron chi connectivity index (χ4n) is 4.27. The summed E-state index contributed by atoms with van der Waals surface area (Å²) in [7, 11) is 0. The van der Waals surface area contributed by atoms with Crippen LogP contribution in [0.25, 0.3) is 27.8 Å². The number of nitrogens with one attached hydrogen (secondary N) is 2. The van der Waals surface area contributed by atoms with Gasteiger partial charge in [0.25, 0.3) is 5.56 Å². The average Bonchev–Trinajstić information content (AvgIpc) is 3.58. The summed E-state index contributed by atoms with van der Waals surface area (Å²) in [6.45, 7) is 3.71. The van der Waals surface area contributed by atoms with Gasteiger partial charge in [-0.3, -0.25) is 14.2 Å². The molecule has 0 bridgehead atoms. The van der Waals surface area contributed by atoms with Gasteiger partial charge in [0.2, 0.25) is 5.91 Å². The van der Waals surface area contributed by atoms with Gasteiger partial charge in [-0.15, -0.1) is 0 Å². The molecule has 2 N–H and O–H groups in total. The van der Waals surface area contributed by atoms with E-state index >= 15 is 0 Å². The molecule has 0 saturated carbocycles. The molecular formula is C27H28N4O4S. The Bertz CT molecular complexity index is 1390. The molecule has 1 amide bonds. The first-order valence-corrected chi connectivity index (χ1v) is 13.1. The van der Waals surface area contributed by atoms with Crippen molar-refractivity contribution >= 4 is 28.7 Å². The lowest BCUT2D eigenvalue weighted by molar-refractivity contribution is -0.119. The summed E-state index contributed by atoms with van der Waals surface area (Å²) in [6.07, 6.45) is 3.86. The van der Waals surface area contributed by atoms with Gasteiger partial charge in [0.05, 0.1) is 24.2 Å². The van der Waals surface area contributed by atoms with Crippen molar-refractivity contribution in [3.05, 3.63) is 71.1 Å². The molecule has 2 aromatic heterocycles. The number of ether oxygens (including phenoxy) is 2. The van der Waals surface area contributed by atoms with E-state index in [4.69, 9.17) is 14.5 Å². The highest BCUT2D eigenvalue weighted by atomic mass is 32.2. The fraction of sp³-hybridized carbons (Fsp3) is 0.296. The van der Waals surface area contributed by atoms with E-state index in [0.717, 1.165) is 36.3 Å². The largest absolute Gasteiger partial charge is 0.494 e. The van der Waals surface area contributed by atoms with Crippen LogP contribution in [-0.2, 0) is 9.53 Å². The van der Waals surface area contributed by atoms with Gasteiger partial charge in [-0.05, 0) is 49.6 Å². The van der Waals surface area contributed by atoms with Gasteiger partial charge in [0.1, 0.15) is 16.8 Å². The zero-order valence-electron chi connectivity index (χ0n) is 20.0. The molecule has 0 unspecified atom stereocenters.